The molecule has 144 valence electrons. The van der Waals surface area contributed by atoms with Crippen molar-refractivity contribution >= 4 is 45.6 Å². The van der Waals surface area contributed by atoms with Crippen LogP contribution in [0.3, 0.4) is 0 Å². The Morgan fingerprint density at radius 2 is 1.07 bits per heavy atom. The molecule has 0 saturated carbocycles. The Balaban J connectivity index is 2.13. The number of rotatable bonds is 2. The van der Waals surface area contributed by atoms with Crippen molar-refractivity contribution in [3.63, 3.8) is 0 Å². The lowest BCUT2D eigenvalue weighted by atomic mass is 9.84. The van der Waals surface area contributed by atoms with Gasteiger partial charge in [-0.05, 0) is 35.7 Å². The van der Waals surface area contributed by atoms with E-state index in [-0.39, 0.29) is 44.3 Å². The van der Waals surface area contributed by atoms with Gasteiger partial charge in [-0.2, -0.15) is 0 Å². The van der Waals surface area contributed by atoms with E-state index >= 15 is 0 Å². The molecule has 0 aromatic heterocycles. The van der Waals surface area contributed by atoms with Crippen molar-refractivity contribution in [3.8, 4) is 0 Å². The van der Waals surface area contributed by atoms with E-state index in [1.807, 2.05) is 0 Å². The van der Waals surface area contributed by atoms with Gasteiger partial charge in [-0.15, -0.1) is 0 Å². The van der Waals surface area contributed by atoms with E-state index in [0.717, 1.165) is 23.5 Å². The molecule has 0 aliphatic heterocycles. The minimum atomic E-state index is -0.353. The highest BCUT2D eigenvalue weighted by Crippen LogP contribution is 2.38. The molecule has 0 saturated heterocycles. The van der Waals surface area contributed by atoms with Gasteiger partial charge in [0.15, 0.2) is 11.6 Å². The monoisotopic (exact) mass is 414 g/mol. The summed E-state index contributed by atoms with van der Waals surface area (Å²) in [6.45, 7) is 0. The molecule has 0 N–H and O–H groups in total. The fraction of sp³-hybridized carbons (Fsp3) is 0.200. The van der Waals surface area contributed by atoms with Crippen molar-refractivity contribution in [1.29, 1.82) is 0 Å². The van der Waals surface area contributed by atoms with Gasteiger partial charge in [-0.1, -0.05) is 24.3 Å². The Bertz CT molecular complexity index is 938. The third-order valence-corrected chi connectivity index (χ3v) is 6.32. The molecule has 0 unspecified atom stereocenters. The van der Waals surface area contributed by atoms with Gasteiger partial charge in [-0.25, -0.2) is 0 Å². The highest BCUT2D eigenvalue weighted by molar-refractivity contribution is 8.13. The minimum absolute atomic E-state index is 0.213. The summed E-state index contributed by atoms with van der Waals surface area (Å²) >= 11 is 1.81. The van der Waals surface area contributed by atoms with Gasteiger partial charge in [-0.3, -0.25) is 19.2 Å². The third-order valence-electron chi connectivity index (χ3n) is 4.12. The van der Waals surface area contributed by atoms with Crippen LogP contribution in [0.15, 0.2) is 46.2 Å². The Kier molecular flexibility index (Phi) is 5.62. The molecule has 2 aromatic rings. The average Bonchev–Trinajstić information content (AvgIpc) is 2.65. The molecule has 0 fully saturated rings. The standard InChI is InChI=1S/C20H18N2O4S2/c1-21(2)19(25)27-13-9-5-7-11-15(13)18(24)16-12(17(11)23)8-6-10-14(16)28-20(26)22(3)4/h5-10H,1-4H3. The first-order valence-electron chi connectivity index (χ1n) is 8.36. The van der Waals surface area contributed by atoms with Crippen LogP contribution in [0.5, 0.6) is 0 Å². The number of thioether (sulfide) groups is 2. The van der Waals surface area contributed by atoms with Crippen LogP contribution < -0.4 is 0 Å². The highest BCUT2D eigenvalue weighted by atomic mass is 32.2. The summed E-state index contributed by atoms with van der Waals surface area (Å²) in [7, 11) is 6.48. The SMILES string of the molecule is CN(C)C(=O)Sc1cccc2c1C(=O)c1c(SC(=O)N(C)C)cccc1C2=O. The second-order valence-electron chi connectivity index (χ2n) is 6.54. The number of amides is 2. The number of nitrogens with zero attached hydrogens (tertiary/aromatic N) is 2. The first-order valence-corrected chi connectivity index (χ1v) is 9.99. The number of hydrogen-bond donors (Lipinski definition) is 0. The highest BCUT2D eigenvalue weighted by Gasteiger charge is 2.34. The van der Waals surface area contributed by atoms with Crippen LogP contribution in [0.25, 0.3) is 0 Å². The predicted octanol–water partition coefficient (Wildman–Crippen LogP) is 4.01. The van der Waals surface area contributed by atoms with Gasteiger partial charge in [0.25, 0.3) is 10.5 Å². The molecular weight excluding hydrogens is 396 g/mol. The topological polar surface area (TPSA) is 74.8 Å². The average molecular weight is 415 g/mol. The number of hydrogen-bond acceptors (Lipinski definition) is 6. The summed E-state index contributed by atoms with van der Waals surface area (Å²) in [5, 5.41) is -0.491. The summed E-state index contributed by atoms with van der Waals surface area (Å²) in [4.78, 5) is 54.4. The number of carbonyl (C=O) groups excluding carboxylic acids is 4. The predicted molar refractivity (Wildman–Crippen MR) is 110 cm³/mol. The molecule has 0 atom stereocenters. The van der Waals surface area contributed by atoms with Gasteiger partial charge in [0.05, 0.1) is 0 Å². The van der Waals surface area contributed by atoms with Crippen molar-refractivity contribution in [3.05, 3.63) is 58.7 Å². The zero-order valence-corrected chi connectivity index (χ0v) is 17.4. The lowest BCUT2D eigenvalue weighted by Gasteiger charge is -2.22. The van der Waals surface area contributed by atoms with Crippen LogP contribution in [0.2, 0.25) is 0 Å². The Morgan fingerprint density at radius 3 is 1.43 bits per heavy atom. The zero-order valence-electron chi connectivity index (χ0n) is 15.8. The minimum Gasteiger partial charge on any atom is -0.339 e. The smallest absolute Gasteiger partial charge is 0.285 e. The van der Waals surface area contributed by atoms with Gasteiger partial charge < -0.3 is 9.80 Å². The maximum absolute atomic E-state index is 13.4. The third kappa shape index (κ3) is 3.57. The largest absolute Gasteiger partial charge is 0.339 e. The molecule has 8 heteroatoms. The van der Waals surface area contributed by atoms with Crippen molar-refractivity contribution in [1.82, 2.24) is 9.80 Å². The number of benzene rings is 2. The Labute approximate surface area is 171 Å². The van der Waals surface area contributed by atoms with E-state index < -0.39 is 0 Å². The van der Waals surface area contributed by atoms with E-state index in [4.69, 9.17) is 0 Å². The summed E-state index contributed by atoms with van der Waals surface area (Å²) in [6.07, 6.45) is 0. The van der Waals surface area contributed by atoms with Crippen LogP contribution in [-0.4, -0.2) is 60.0 Å². The summed E-state index contributed by atoms with van der Waals surface area (Å²) in [5.74, 6) is -0.641. The molecular formula is C20H18N2O4S2. The molecule has 1 aliphatic carbocycles. The lowest BCUT2D eigenvalue weighted by molar-refractivity contribution is 0.0974. The lowest BCUT2D eigenvalue weighted by Crippen LogP contribution is -2.24. The van der Waals surface area contributed by atoms with Crippen molar-refractivity contribution in [2.75, 3.05) is 28.2 Å². The Morgan fingerprint density at radius 1 is 0.679 bits per heavy atom. The molecule has 0 heterocycles. The fourth-order valence-electron chi connectivity index (χ4n) is 2.72. The second kappa shape index (κ2) is 7.81. The fourth-order valence-corrected chi connectivity index (χ4v) is 4.36. The first-order chi connectivity index (χ1) is 13.2. The molecule has 0 bridgehead atoms. The quantitative estimate of drug-likeness (QED) is 0.590. The van der Waals surface area contributed by atoms with E-state index in [9.17, 15) is 19.2 Å². The van der Waals surface area contributed by atoms with E-state index in [2.05, 4.69) is 0 Å². The maximum atomic E-state index is 13.4. The molecule has 1 aliphatic rings. The first kappa shape index (κ1) is 20.2. The zero-order chi connectivity index (χ0) is 20.6. The van der Waals surface area contributed by atoms with Gasteiger partial charge in [0.2, 0.25) is 0 Å². The van der Waals surface area contributed by atoms with Crippen LogP contribution in [0.1, 0.15) is 31.8 Å². The van der Waals surface area contributed by atoms with Gasteiger partial charge in [0, 0.05) is 60.2 Å². The van der Waals surface area contributed by atoms with E-state index in [1.54, 1.807) is 64.6 Å². The van der Waals surface area contributed by atoms with Crippen LogP contribution >= 0.6 is 23.5 Å². The van der Waals surface area contributed by atoms with Crippen LogP contribution in [0, 0.1) is 0 Å². The molecule has 0 radical (unpaired) electrons. The number of fused-ring (bicyclic) bond motifs is 2. The van der Waals surface area contributed by atoms with E-state index in [1.165, 1.54) is 9.80 Å². The van der Waals surface area contributed by atoms with Crippen molar-refractivity contribution < 1.29 is 19.2 Å². The summed E-state index contributed by atoms with van der Waals surface area (Å²) in [6, 6.07) is 9.81. The molecule has 2 amide bonds. The number of carbonyl (C=O) groups is 4. The summed E-state index contributed by atoms with van der Waals surface area (Å²) in [5.41, 5.74) is 0.974. The molecule has 28 heavy (non-hydrogen) atoms. The summed E-state index contributed by atoms with van der Waals surface area (Å²) < 4.78 is 0. The van der Waals surface area contributed by atoms with Crippen LogP contribution in [-0.2, 0) is 0 Å². The number of ketones is 2. The van der Waals surface area contributed by atoms with Crippen molar-refractivity contribution in [2.24, 2.45) is 0 Å². The van der Waals surface area contributed by atoms with Crippen molar-refractivity contribution in [2.45, 2.75) is 9.79 Å². The van der Waals surface area contributed by atoms with Gasteiger partial charge >= 0.3 is 0 Å². The molecule has 6 nitrogen and oxygen atoms in total. The molecule has 3 rings (SSSR count). The maximum Gasteiger partial charge on any atom is 0.285 e. The Hall–Kier alpha value is -2.58. The molecule has 2 aromatic carbocycles. The van der Waals surface area contributed by atoms with E-state index in [0.29, 0.717) is 9.79 Å². The molecule has 0 spiro atoms. The normalized spacial score (nSPS) is 12.3. The van der Waals surface area contributed by atoms with Crippen LogP contribution in [0.4, 0.5) is 9.59 Å². The second-order valence-corrected chi connectivity index (χ2v) is 8.53. The van der Waals surface area contributed by atoms with Gasteiger partial charge in [0.1, 0.15) is 0 Å².